The molecule has 0 aromatic carbocycles. The van der Waals surface area contributed by atoms with Gasteiger partial charge in [-0.2, -0.15) is 0 Å². The Morgan fingerprint density at radius 1 is 1.31 bits per heavy atom. The average Bonchev–Trinajstić information content (AvgIpc) is 3.00. The van der Waals surface area contributed by atoms with Crippen LogP contribution in [0.4, 0.5) is 5.82 Å². The van der Waals surface area contributed by atoms with Crippen LogP contribution in [0.1, 0.15) is 60.3 Å². The Morgan fingerprint density at radius 2 is 2.08 bits per heavy atom. The van der Waals surface area contributed by atoms with Crippen molar-refractivity contribution >= 4 is 22.8 Å². The molecule has 4 rings (SSSR count). The van der Waals surface area contributed by atoms with Crippen LogP contribution in [0.2, 0.25) is 0 Å². The predicted octanol–water partition coefficient (Wildman–Crippen LogP) is 3.28. The van der Waals surface area contributed by atoms with Crippen LogP contribution < -0.4 is 10.6 Å². The number of carbonyl (C=O) groups excluding carboxylic acids is 1. The number of anilines is 1. The maximum absolute atomic E-state index is 13.0. The van der Waals surface area contributed by atoms with Crippen LogP contribution in [0.25, 0.3) is 11.1 Å². The lowest BCUT2D eigenvalue weighted by Gasteiger charge is -2.14. The second-order valence-corrected chi connectivity index (χ2v) is 7.18. The first-order chi connectivity index (χ1) is 12.4. The van der Waals surface area contributed by atoms with Crippen LogP contribution in [0.3, 0.4) is 0 Å². The van der Waals surface area contributed by atoms with Crippen LogP contribution in [0.15, 0.2) is 21.3 Å². The zero-order valence-corrected chi connectivity index (χ0v) is 15.2. The number of hydrogen-bond donors (Lipinski definition) is 2. The molecule has 8 heteroatoms. The molecule has 0 aliphatic heterocycles. The Labute approximate surface area is 150 Å². The normalized spacial score (nSPS) is 16.5. The molecule has 0 radical (unpaired) electrons. The second-order valence-electron chi connectivity index (χ2n) is 7.18. The molecule has 1 saturated carbocycles. The highest BCUT2D eigenvalue weighted by molar-refractivity contribution is 6.10. The van der Waals surface area contributed by atoms with Gasteiger partial charge in [-0.05, 0) is 40.5 Å². The van der Waals surface area contributed by atoms with Gasteiger partial charge in [-0.15, -0.1) is 0 Å². The van der Waals surface area contributed by atoms with Gasteiger partial charge in [0.15, 0.2) is 0 Å². The van der Waals surface area contributed by atoms with E-state index in [2.05, 4.69) is 32.7 Å². The number of rotatable bonds is 5. The van der Waals surface area contributed by atoms with Crippen LogP contribution in [-0.4, -0.2) is 26.6 Å². The summed E-state index contributed by atoms with van der Waals surface area (Å²) < 4.78 is 10.8. The largest absolute Gasteiger partial charge is 0.442 e. The van der Waals surface area contributed by atoms with Crippen LogP contribution >= 0.6 is 0 Å². The Balaban J connectivity index is 1.68. The van der Waals surface area contributed by atoms with Gasteiger partial charge in [-0.25, -0.2) is 9.97 Å². The topological polar surface area (TPSA) is 106 Å². The van der Waals surface area contributed by atoms with Crippen molar-refractivity contribution in [3.05, 3.63) is 35.2 Å². The van der Waals surface area contributed by atoms with Crippen molar-refractivity contribution in [2.75, 3.05) is 5.32 Å². The minimum atomic E-state index is -0.300. The van der Waals surface area contributed by atoms with Crippen LogP contribution in [-0.2, 0) is 0 Å². The standard InChI is InChI=1S/C18H21N5O3/c1-9-7-12(23-26-9)10(2)21-16(24)13-11(3)25-17-14(13)15(19-8-20-17)22-18(4)5-6-18/h7-8,10H,5-6H2,1-4H3,(H,21,24)(H,19,20,22). The van der Waals surface area contributed by atoms with Gasteiger partial charge in [0, 0.05) is 11.6 Å². The summed E-state index contributed by atoms with van der Waals surface area (Å²) in [4.78, 5) is 21.5. The predicted molar refractivity (Wildman–Crippen MR) is 94.9 cm³/mol. The summed E-state index contributed by atoms with van der Waals surface area (Å²) in [6, 6.07) is 1.50. The molecule has 1 amide bonds. The Hall–Kier alpha value is -2.90. The minimum absolute atomic E-state index is 0.0196. The molecule has 3 heterocycles. The number of carbonyl (C=O) groups is 1. The highest BCUT2D eigenvalue weighted by Crippen LogP contribution is 2.40. The smallest absolute Gasteiger partial charge is 0.256 e. The fourth-order valence-corrected chi connectivity index (χ4v) is 2.94. The van der Waals surface area contributed by atoms with Crippen molar-refractivity contribution in [1.29, 1.82) is 0 Å². The zero-order valence-electron chi connectivity index (χ0n) is 15.2. The number of aromatic nitrogens is 3. The van der Waals surface area contributed by atoms with Gasteiger partial charge in [0.25, 0.3) is 5.91 Å². The molecule has 0 spiro atoms. The van der Waals surface area contributed by atoms with Gasteiger partial charge in [0.2, 0.25) is 5.71 Å². The van der Waals surface area contributed by atoms with Crippen LogP contribution in [0, 0.1) is 13.8 Å². The Bertz CT molecular complexity index is 986. The molecule has 1 unspecified atom stereocenters. The quantitative estimate of drug-likeness (QED) is 0.723. The summed E-state index contributed by atoms with van der Waals surface area (Å²) in [5.74, 6) is 1.57. The molecule has 26 heavy (non-hydrogen) atoms. The lowest BCUT2D eigenvalue weighted by Crippen LogP contribution is -2.27. The van der Waals surface area contributed by atoms with E-state index in [1.807, 2.05) is 13.8 Å². The number of hydrogen-bond acceptors (Lipinski definition) is 7. The molecule has 1 aliphatic carbocycles. The Kier molecular flexibility index (Phi) is 3.71. The van der Waals surface area contributed by atoms with Crippen LogP contribution in [0.5, 0.6) is 0 Å². The number of furan rings is 1. The third kappa shape index (κ3) is 2.91. The number of fused-ring (bicyclic) bond motifs is 1. The first kappa shape index (κ1) is 16.6. The van der Waals surface area contributed by atoms with E-state index in [9.17, 15) is 4.79 Å². The summed E-state index contributed by atoms with van der Waals surface area (Å²) in [5, 5.41) is 10.9. The van der Waals surface area contributed by atoms with E-state index >= 15 is 0 Å². The zero-order chi connectivity index (χ0) is 18.5. The van der Waals surface area contributed by atoms with E-state index < -0.39 is 0 Å². The lowest BCUT2D eigenvalue weighted by atomic mass is 10.1. The van der Waals surface area contributed by atoms with E-state index in [1.165, 1.54) is 6.33 Å². The van der Waals surface area contributed by atoms with Crippen molar-refractivity contribution in [3.8, 4) is 0 Å². The van der Waals surface area contributed by atoms with Crippen molar-refractivity contribution < 1.29 is 13.7 Å². The van der Waals surface area contributed by atoms with E-state index in [1.54, 1.807) is 13.0 Å². The van der Waals surface area contributed by atoms with E-state index in [0.717, 1.165) is 12.8 Å². The van der Waals surface area contributed by atoms with Crippen molar-refractivity contribution in [1.82, 2.24) is 20.4 Å². The summed E-state index contributed by atoms with van der Waals surface area (Å²) in [7, 11) is 0. The molecule has 1 atom stereocenters. The number of amides is 1. The van der Waals surface area contributed by atoms with Gasteiger partial charge in [-0.3, -0.25) is 4.79 Å². The first-order valence-electron chi connectivity index (χ1n) is 8.63. The molecule has 0 bridgehead atoms. The third-order valence-electron chi connectivity index (χ3n) is 4.75. The number of aryl methyl sites for hydroxylation is 2. The molecular weight excluding hydrogens is 334 g/mol. The molecule has 136 valence electrons. The maximum atomic E-state index is 13.0. The molecular formula is C18H21N5O3. The van der Waals surface area contributed by atoms with Gasteiger partial charge < -0.3 is 19.6 Å². The van der Waals surface area contributed by atoms with E-state index in [4.69, 9.17) is 8.94 Å². The summed E-state index contributed by atoms with van der Waals surface area (Å²) >= 11 is 0. The monoisotopic (exact) mass is 355 g/mol. The van der Waals surface area contributed by atoms with Crippen molar-refractivity contribution in [3.63, 3.8) is 0 Å². The minimum Gasteiger partial charge on any atom is -0.442 e. The summed E-state index contributed by atoms with van der Waals surface area (Å²) in [6.45, 7) is 7.55. The molecule has 3 aromatic heterocycles. The fraction of sp³-hybridized carbons (Fsp3) is 0.444. The van der Waals surface area contributed by atoms with Crippen molar-refractivity contribution in [2.45, 2.75) is 52.1 Å². The Morgan fingerprint density at radius 3 is 2.73 bits per heavy atom. The lowest BCUT2D eigenvalue weighted by molar-refractivity contribution is 0.0938. The molecule has 1 aliphatic rings. The molecule has 1 fully saturated rings. The molecule has 8 nitrogen and oxygen atoms in total. The van der Waals surface area contributed by atoms with E-state index in [-0.39, 0.29) is 17.5 Å². The van der Waals surface area contributed by atoms with Crippen molar-refractivity contribution in [2.24, 2.45) is 0 Å². The van der Waals surface area contributed by atoms with E-state index in [0.29, 0.717) is 39.7 Å². The fourth-order valence-electron chi connectivity index (χ4n) is 2.94. The first-order valence-corrected chi connectivity index (χ1v) is 8.63. The molecule has 0 saturated heterocycles. The van der Waals surface area contributed by atoms with Gasteiger partial charge >= 0.3 is 0 Å². The third-order valence-corrected chi connectivity index (χ3v) is 4.75. The summed E-state index contributed by atoms with van der Waals surface area (Å²) in [5.41, 5.74) is 1.53. The highest BCUT2D eigenvalue weighted by Gasteiger charge is 2.38. The SMILES string of the molecule is Cc1cc(C(C)NC(=O)c2c(C)oc3ncnc(NC4(C)CC4)c23)no1. The second kappa shape index (κ2) is 5.82. The number of nitrogens with one attached hydrogen (secondary N) is 2. The summed E-state index contributed by atoms with van der Waals surface area (Å²) in [6.07, 6.45) is 3.58. The molecule has 2 N–H and O–H groups in total. The van der Waals surface area contributed by atoms with Gasteiger partial charge in [0.05, 0.1) is 17.0 Å². The molecule has 3 aromatic rings. The highest BCUT2D eigenvalue weighted by atomic mass is 16.5. The van der Waals surface area contributed by atoms with Gasteiger partial charge in [0.1, 0.15) is 29.4 Å². The van der Waals surface area contributed by atoms with Gasteiger partial charge in [-0.1, -0.05) is 5.16 Å². The maximum Gasteiger partial charge on any atom is 0.256 e. The number of nitrogens with zero attached hydrogens (tertiary/aromatic N) is 3. The average molecular weight is 355 g/mol.